The first-order valence-electron chi connectivity index (χ1n) is 8.13. The Kier molecular flexibility index (Phi) is 4.52. The fourth-order valence-electron chi connectivity index (χ4n) is 3.20. The van der Waals surface area contributed by atoms with Crippen molar-refractivity contribution in [3.8, 4) is 0 Å². The minimum absolute atomic E-state index is 0.0826. The monoisotopic (exact) mass is 316 g/mol. The van der Waals surface area contributed by atoms with E-state index >= 15 is 0 Å². The number of likely N-dealkylation sites (tertiary alicyclic amines) is 1. The molecule has 124 valence electrons. The number of furan rings is 1. The molecule has 0 saturated carbocycles. The first kappa shape index (κ1) is 15.8. The number of nitrogens with one attached hydrogen (secondary N) is 1. The van der Waals surface area contributed by atoms with Gasteiger partial charge >= 0.3 is 0 Å². The summed E-state index contributed by atoms with van der Waals surface area (Å²) in [6.45, 7) is 6.46. The topological polar surface area (TPSA) is 63.3 Å². The molecule has 3 heterocycles. The predicted molar refractivity (Wildman–Crippen MR) is 87.3 cm³/mol. The van der Waals surface area contributed by atoms with Crippen LogP contribution in [0.1, 0.15) is 46.5 Å². The van der Waals surface area contributed by atoms with Gasteiger partial charge in [0.05, 0.1) is 6.04 Å². The smallest absolute Gasteiger partial charge is 0.272 e. The fraction of sp³-hybridized carbons (Fsp3) is 0.529. The predicted octanol–water partition coefficient (Wildman–Crippen LogP) is 2.20. The molecule has 0 bridgehead atoms. The van der Waals surface area contributed by atoms with E-state index in [1.54, 1.807) is 4.68 Å². The van der Waals surface area contributed by atoms with Crippen LogP contribution in [0.3, 0.4) is 0 Å². The van der Waals surface area contributed by atoms with Gasteiger partial charge in [0.1, 0.15) is 11.5 Å². The van der Waals surface area contributed by atoms with Gasteiger partial charge in [-0.1, -0.05) is 0 Å². The molecule has 1 saturated heterocycles. The number of aryl methyl sites for hydroxylation is 3. The Morgan fingerprint density at radius 3 is 2.65 bits per heavy atom. The van der Waals surface area contributed by atoms with Crippen LogP contribution in [0.15, 0.2) is 22.7 Å². The third-order valence-electron chi connectivity index (χ3n) is 4.35. The molecule has 1 N–H and O–H groups in total. The van der Waals surface area contributed by atoms with E-state index in [2.05, 4.69) is 15.3 Å². The number of nitrogens with zero attached hydrogens (tertiary/aromatic N) is 3. The number of rotatable bonds is 5. The van der Waals surface area contributed by atoms with Gasteiger partial charge in [-0.25, -0.2) is 0 Å². The molecule has 0 spiro atoms. The van der Waals surface area contributed by atoms with Crippen LogP contribution >= 0.6 is 0 Å². The molecule has 1 unspecified atom stereocenters. The van der Waals surface area contributed by atoms with E-state index in [9.17, 15) is 4.79 Å². The minimum atomic E-state index is -0.129. The molecule has 1 aliphatic heterocycles. The highest BCUT2D eigenvalue weighted by atomic mass is 16.3. The van der Waals surface area contributed by atoms with E-state index in [1.807, 2.05) is 39.2 Å². The maximum atomic E-state index is 12.4. The van der Waals surface area contributed by atoms with Crippen LogP contribution in [0, 0.1) is 13.8 Å². The van der Waals surface area contributed by atoms with Crippen molar-refractivity contribution < 1.29 is 9.21 Å². The molecule has 1 fully saturated rings. The van der Waals surface area contributed by atoms with Crippen LogP contribution in [0.25, 0.3) is 0 Å². The third kappa shape index (κ3) is 3.47. The lowest BCUT2D eigenvalue weighted by molar-refractivity contribution is 0.0927. The number of amides is 1. The lowest BCUT2D eigenvalue weighted by Crippen LogP contribution is -2.37. The van der Waals surface area contributed by atoms with Gasteiger partial charge in [0.15, 0.2) is 5.69 Å². The molecule has 0 radical (unpaired) electrons. The summed E-state index contributed by atoms with van der Waals surface area (Å²) < 4.78 is 7.48. The summed E-state index contributed by atoms with van der Waals surface area (Å²) in [4.78, 5) is 14.8. The Balaban J connectivity index is 1.71. The van der Waals surface area contributed by atoms with Crippen LogP contribution in [0.2, 0.25) is 0 Å². The molecule has 1 amide bonds. The number of carbonyl (C=O) groups is 1. The van der Waals surface area contributed by atoms with Crippen LogP contribution in [-0.4, -0.2) is 40.2 Å². The van der Waals surface area contributed by atoms with Crippen molar-refractivity contribution in [2.75, 3.05) is 19.6 Å². The second-order valence-corrected chi connectivity index (χ2v) is 6.25. The van der Waals surface area contributed by atoms with E-state index < -0.39 is 0 Å². The Morgan fingerprint density at radius 2 is 2.09 bits per heavy atom. The second kappa shape index (κ2) is 6.58. The molecule has 6 heteroatoms. The second-order valence-electron chi connectivity index (χ2n) is 6.25. The zero-order valence-corrected chi connectivity index (χ0v) is 14.0. The molecular weight excluding hydrogens is 292 g/mol. The van der Waals surface area contributed by atoms with Gasteiger partial charge in [-0.2, -0.15) is 5.10 Å². The van der Waals surface area contributed by atoms with E-state index in [4.69, 9.17) is 4.42 Å². The lowest BCUT2D eigenvalue weighted by Gasteiger charge is -2.26. The van der Waals surface area contributed by atoms with Gasteiger partial charge < -0.3 is 9.73 Å². The molecule has 0 aromatic carbocycles. The first-order chi connectivity index (χ1) is 11.0. The van der Waals surface area contributed by atoms with Gasteiger partial charge in [-0.05, 0) is 51.9 Å². The Bertz CT molecular complexity index is 683. The van der Waals surface area contributed by atoms with Gasteiger partial charge in [0, 0.05) is 25.4 Å². The fourth-order valence-corrected chi connectivity index (χ4v) is 3.20. The van der Waals surface area contributed by atoms with Gasteiger partial charge in [-0.3, -0.25) is 14.4 Å². The molecule has 2 aromatic heterocycles. The largest absolute Gasteiger partial charge is 0.465 e. The van der Waals surface area contributed by atoms with Crippen LogP contribution in [0.5, 0.6) is 0 Å². The van der Waals surface area contributed by atoms with E-state index in [0.717, 1.165) is 30.2 Å². The van der Waals surface area contributed by atoms with Crippen LogP contribution in [0.4, 0.5) is 0 Å². The highest BCUT2D eigenvalue weighted by Crippen LogP contribution is 2.26. The third-order valence-corrected chi connectivity index (χ3v) is 4.35. The SMILES string of the molecule is Cc1ccc(C(CNC(=O)c2nn(C)cc2C)N2CCCC2)o1. The number of hydrogen-bond donors (Lipinski definition) is 1. The van der Waals surface area contributed by atoms with Crippen molar-refractivity contribution in [1.82, 2.24) is 20.0 Å². The van der Waals surface area contributed by atoms with Crippen molar-refractivity contribution in [1.29, 1.82) is 0 Å². The van der Waals surface area contributed by atoms with Gasteiger partial charge in [0.2, 0.25) is 0 Å². The molecular formula is C17H24N4O2. The van der Waals surface area contributed by atoms with E-state index in [1.165, 1.54) is 12.8 Å². The normalized spacial score (nSPS) is 16.7. The van der Waals surface area contributed by atoms with Crippen molar-refractivity contribution in [2.45, 2.75) is 32.7 Å². The summed E-state index contributed by atoms with van der Waals surface area (Å²) >= 11 is 0. The van der Waals surface area contributed by atoms with Crippen LogP contribution < -0.4 is 5.32 Å². The van der Waals surface area contributed by atoms with E-state index in [-0.39, 0.29) is 11.9 Å². The lowest BCUT2D eigenvalue weighted by atomic mass is 10.2. The zero-order valence-electron chi connectivity index (χ0n) is 14.0. The van der Waals surface area contributed by atoms with Crippen molar-refractivity contribution >= 4 is 5.91 Å². The standard InChI is InChI=1S/C17H24N4O2/c1-12-11-20(3)19-16(12)17(22)18-10-14(21-8-4-5-9-21)15-7-6-13(2)23-15/h6-7,11,14H,4-5,8-10H2,1-3H3,(H,18,22). The van der Waals surface area contributed by atoms with E-state index in [0.29, 0.717) is 12.2 Å². The average Bonchev–Trinajstić information content (AvgIpc) is 3.22. The number of aromatic nitrogens is 2. The number of carbonyl (C=O) groups excluding carboxylic acids is 1. The highest BCUT2D eigenvalue weighted by molar-refractivity contribution is 5.93. The summed E-state index contributed by atoms with van der Waals surface area (Å²) in [7, 11) is 1.82. The summed E-state index contributed by atoms with van der Waals surface area (Å²) in [6, 6.07) is 4.07. The quantitative estimate of drug-likeness (QED) is 0.918. The summed E-state index contributed by atoms with van der Waals surface area (Å²) in [5.74, 6) is 1.69. The summed E-state index contributed by atoms with van der Waals surface area (Å²) in [6.07, 6.45) is 4.25. The Morgan fingerprint density at radius 1 is 1.35 bits per heavy atom. The maximum absolute atomic E-state index is 12.4. The molecule has 0 aliphatic carbocycles. The van der Waals surface area contributed by atoms with Crippen molar-refractivity contribution in [2.24, 2.45) is 7.05 Å². The molecule has 1 atom stereocenters. The number of hydrogen-bond acceptors (Lipinski definition) is 4. The molecule has 3 rings (SSSR count). The summed E-state index contributed by atoms with van der Waals surface area (Å²) in [5, 5.41) is 7.25. The van der Waals surface area contributed by atoms with Crippen molar-refractivity contribution in [3.05, 3.63) is 41.1 Å². The Labute approximate surface area is 136 Å². The van der Waals surface area contributed by atoms with Gasteiger partial charge in [-0.15, -0.1) is 0 Å². The van der Waals surface area contributed by atoms with Gasteiger partial charge in [0.25, 0.3) is 5.91 Å². The molecule has 6 nitrogen and oxygen atoms in total. The Hall–Kier alpha value is -2.08. The summed E-state index contributed by atoms with van der Waals surface area (Å²) in [5.41, 5.74) is 1.37. The van der Waals surface area contributed by atoms with Crippen LogP contribution in [-0.2, 0) is 7.05 Å². The van der Waals surface area contributed by atoms with Crippen molar-refractivity contribution in [3.63, 3.8) is 0 Å². The average molecular weight is 316 g/mol. The zero-order chi connectivity index (χ0) is 16.4. The molecule has 2 aromatic rings. The molecule has 1 aliphatic rings. The maximum Gasteiger partial charge on any atom is 0.272 e. The highest BCUT2D eigenvalue weighted by Gasteiger charge is 2.27. The minimum Gasteiger partial charge on any atom is -0.465 e. The first-order valence-corrected chi connectivity index (χ1v) is 8.13. The molecule has 23 heavy (non-hydrogen) atoms.